The number of rotatable bonds is 5. The van der Waals surface area contributed by atoms with Crippen LogP contribution in [-0.2, 0) is 27.7 Å². The first-order valence-corrected chi connectivity index (χ1v) is 10.8. The first-order valence-electron chi connectivity index (χ1n) is 9.00. The van der Waals surface area contributed by atoms with Gasteiger partial charge in [-0.3, -0.25) is 9.63 Å². The molecule has 0 radical (unpaired) electrons. The van der Waals surface area contributed by atoms with E-state index in [0.717, 1.165) is 18.2 Å². The summed E-state index contributed by atoms with van der Waals surface area (Å²) in [7, 11) is -1.50. The maximum atomic E-state index is 12.9. The molecule has 3 aromatic carbocycles. The van der Waals surface area contributed by atoms with Crippen LogP contribution >= 0.6 is 11.6 Å². The van der Waals surface area contributed by atoms with Gasteiger partial charge in [0, 0.05) is 23.7 Å². The van der Waals surface area contributed by atoms with Gasteiger partial charge in [-0.15, -0.1) is 0 Å². The van der Waals surface area contributed by atoms with Gasteiger partial charge in [0.1, 0.15) is 4.90 Å². The monoisotopic (exact) mass is 430 g/mol. The molecular weight excluding hydrogens is 412 g/mol. The molecule has 1 aliphatic rings. The maximum absolute atomic E-state index is 12.9. The van der Waals surface area contributed by atoms with E-state index in [-0.39, 0.29) is 15.5 Å². The maximum Gasteiger partial charge on any atom is 0.266 e. The highest BCUT2D eigenvalue weighted by Gasteiger charge is 2.25. The molecule has 0 saturated carbocycles. The molecule has 0 bridgehead atoms. The number of nitrogens with zero attached hydrogens (tertiary/aromatic N) is 1. The second kappa shape index (κ2) is 7.42. The van der Waals surface area contributed by atoms with Crippen molar-refractivity contribution in [2.45, 2.75) is 17.7 Å². The zero-order chi connectivity index (χ0) is 20.8. The zero-order valence-electron chi connectivity index (χ0n) is 15.9. The van der Waals surface area contributed by atoms with Crippen LogP contribution in [0.25, 0.3) is 10.8 Å². The molecule has 0 fully saturated rings. The molecular formula is C21H19ClN2O4S. The van der Waals surface area contributed by atoms with Crippen LogP contribution in [0.15, 0.2) is 53.4 Å². The van der Waals surface area contributed by atoms with Crippen molar-refractivity contribution < 1.29 is 18.0 Å². The summed E-state index contributed by atoms with van der Waals surface area (Å²) in [5.41, 5.74) is 3.42. The summed E-state index contributed by atoms with van der Waals surface area (Å²) in [5.74, 6) is -0.420. The number of hydrogen-bond acceptors (Lipinski definition) is 4. The molecule has 150 valence electrons. The minimum atomic E-state index is -3.99. The van der Waals surface area contributed by atoms with Crippen molar-refractivity contribution in [3.8, 4) is 0 Å². The summed E-state index contributed by atoms with van der Waals surface area (Å²) in [4.78, 5) is 17.5. The fourth-order valence-electron chi connectivity index (χ4n) is 3.63. The van der Waals surface area contributed by atoms with E-state index in [4.69, 9.17) is 16.4 Å². The van der Waals surface area contributed by atoms with Gasteiger partial charge in [-0.2, -0.15) is 0 Å². The summed E-state index contributed by atoms with van der Waals surface area (Å²) >= 11 is 6.07. The van der Waals surface area contributed by atoms with Gasteiger partial charge in [0.15, 0.2) is 0 Å². The number of benzene rings is 3. The van der Waals surface area contributed by atoms with Crippen LogP contribution in [0.4, 0.5) is 5.69 Å². The number of aryl methyl sites for hydroxylation is 2. The van der Waals surface area contributed by atoms with Crippen molar-refractivity contribution in [2.24, 2.45) is 0 Å². The van der Waals surface area contributed by atoms with Crippen LogP contribution in [-0.4, -0.2) is 33.0 Å². The molecule has 0 spiro atoms. The lowest BCUT2D eigenvalue weighted by Gasteiger charge is -2.16. The third kappa shape index (κ3) is 3.40. The van der Waals surface area contributed by atoms with Crippen molar-refractivity contribution in [1.82, 2.24) is 4.47 Å². The molecule has 29 heavy (non-hydrogen) atoms. The van der Waals surface area contributed by atoms with Crippen molar-refractivity contribution in [3.63, 3.8) is 0 Å². The van der Waals surface area contributed by atoms with E-state index in [2.05, 4.69) is 11.4 Å². The third-order valence-electron chi connectivity index (χ3n) is 5.19. The molecule has 0 aliphatic heterocycles. The van der Waals surface area contributed by atoms with Crippen LogP contribution in [0, 0.1) is 0 Å². The second-order valence-electron chi connectivity index (χ2n) is 6.81. The molecule has 0 heterocycles. The number of carbonyl (C=O) groups excluding carboxylic acids is 1. The van der Waals surface area contributed by atoms with E-state index in [0.29, 0.717) is 10.2 Å². The van der Waals surface area contributed by atoms with Gasteiger partial charge >= 0.3 is 0 Å². The molecule has 1 aliphatic carbocycles. The number of nitrogens with one attached hydrogen (secondary N) is 1. The fraction of sp³-hybridized carbons (Fsp3) is 0.190. The molecule has 0 unspecified atom stereocenters. The Hall–Kier alpha value is -2.45. The summed E-state index contributed by atoms with van der Waals surface area (Å²) in [6.45, 7) is 0. The van der Waals surface area contributed by atoms with Gasteiger partial charge in [-0.1, -0.05) is 40.3 Å². The quantitative estimate of drug-likeness (QED) is 0.620. The standard InChI is InChI=1S/C21H19ClN2O4S/c1-24(28-2)29(26,27)19-12-15(8-10-17(19)22)21(25)23-18-11-9-14-7-6-13-4-3-5-16(18)20(13)14/h3-5,8-12H,6-7H2,1-2H3,(H,23,25). The summed E-state index contributed by atoms with van der Waals surface area (Å²) < 4.78 is 25.8. The molecule has 6 nitrogen and oxygen atoms in total. The minimum absolute atomic E-state index is 0.00999. The van der Waals surface area contributed by atoms with Crippen LogP contribution < -0.4 is 5.32 Å². The Morgan fingerprint density at radius 2 is 1.83 bits per heavy atom. The minimum Gasteiger partial charge on any atom is -0.321 e. The van der Waals surface area contributed by atoms with E-state index < -0.39 is 15.9 Å². The van der Waals surface area contributed by atoms with Gasteiger partial charge in [0.2, 0.25) is 0 Å². The number of sulfonamides is 1. The van der Waals surface area contributed by atoms with Crippen molar-refractivity contribution >= 4 is 44.0 Å². The van der Waals surface area contributed by atoms with Crippen molar-refractivity contribution in [2.75, 3.05) is 19.5 Å². The Kier molecular flexibility index (Phi) is 5.08. The predicted molar refractivity (Wildman–Crippen MR) is 113 cm³/mol. The number of carbonyl (C=O) groups is 1. The number of hydroxylamine groups is 1. The lowest BCUT2D eigenvalue weighted by atomic mass is 10.0. The van der Waals surface area contributed by atoms with Crippen LogP contribution in [0.1, 0.15) is 21.5 Å². The van der Waals surface area contributed by atoms with Gasteiger partial charge in [0.25, 0.3) is 15.9 Å². The Morgan fingerprint density at radius 3 is 2.55 bits per heavy atom. The number of anilines is 1. The summed E-state index contributed by atoms with van der Waals surface area (Å²) in [5, 5.41) is 5.08. The Morgan fingerprint density at radius 1 is 1.10 bits per heavy atom. The van der Waals surface area contributed by atoms with Gasteiger partial charge in [-0.05, 0) is 53.6 Å². The average Bonchev–Trinajstić information content (AvgIpc) is 3.14. The molecule has 0 atom stereocenters. The second-order valence-corrected chi connectivity index (χ2v) is 9.12. The van der Waals surface area contributed by atoms with Crippen LogP contribution in [0.3, 0.4) is 0 Å². The van der Waals surface area contributed by atoms with Gasteiger partial charge in [-0.25, -0.2) is 8.42 Å². The highest BCUT2D eigenvalue weighted by Crippen LogP contribution is 2.35. The van der Waals surface area contributed by atoms with Gasteiger partial charge in [0.05, 0.1) is 12.1 Å². The summed E-state index contributed by atoms with van der Waals surface area (Å²) in [6, 6.07) is 14.1. The van der Waals surface area contributed by atoms with Crippen LogP contribution in [0.5, 0.6) is 0 Å². The first-order chi connectivity index (χ1) is 13.8. The third-order valence-corrected chi connectivity index (χ3v) is 7.35. The Labute approximate surface area is 174 Å². The first kappa shape index (κ1) is 19.8. The van der Waals surface area contributed by atoms with Gasteiger partial charge < -0.3 is 5.32 Å². The molecule has 1 N–H and O–H groups in total. The fourth-order valence-corrected chi connectivity index (χ4v) is 5.10. The predicted octanol–water partition coefficient (Wildman–Crippen LogP) is 4.03. The zero-order valence-corrected chi connectivity index (χ0v) is 17.5. The molecule has 4 rings (SSSR count). The highest BCUT2D eigenvalue weighted by molar-refractivity contribution is 7.89. The van der Waals surface area contributed by atoms with E-state index in [1.807, 2.05) is 24.3 Å². The molecule has 0 saturated heterocycles. The topological polar surface area (TPSA) is 75.7 Å². The van der Waals surface area contributed by atoms with Crippen LogP contribution in [0.2, 0.25) is 5.02 Å². The molecule has 1 amide bonds. The van der Waals surface area contributed by atoms with E-state index in [9.17, 15) is 13.2 Å². The lowest BCUT2D eigenvalue weighted by Crippen LogP contribution is -2.26. The van der Waals surface area contributed by atoms with Crippen molar-refractivity contribution in [3.05, 3.63) is 70.2 Å². The van der Waals surface area contributed by atoms with E-state index in [1.54, 1.807) is 0 Å². The Bertz CT molecular complexity index is 1230. The molecule has 3 aromatic rings. The number of halogens is 1. The molecule has 0 aromatic heterocycles. The summed E-state index contributed by atoms with van der Waals surface area (Å²) in [6.07, 6.45) is 1.99. The normalized spacial score (nSPS) is 13.2. The Balaban J connectivity index is 1.71. The number of amides is 1. The smallest absolute Gasteiger partial charge is 0.266 e. The SMILES string of the molecule is CON(C)S(=O)(=O)c1cc(C(=O)Nc2ccc3c4c(cccc24)CC3)ccc1Cl. The largest absolute Gasteiger partial charge is 0.321 e. The number of hydrogen-bond donors (Lipinski definition) is 1. The highest BCUT2D eigenvalue weighted by atomic mass is 35.5. The lowest BCUT2D eigenvalue weighted by molar-refractivity contribution is -0.0258. The van der Waals surface area contributed by atoms with Crippen molar-refractivity contribution in [1.29, 1.82) is 0 Å². The van der Waals surface area contributed by atoms with E-state index in [1.165, 1.54) is 48.9 Å². The molecule has 8 heteroatoms. The average molecular weight is 431 g/mol. The van der Waals surface area contributed by atoms with E-state index >= 15 is 0 Å².